The summed E-state index contributed by atoms with van der Waals surface area (Å²) in [5, 5.41) is 13.8. The molecule has 5 rings (SSSR count). The molecule has 1 aromatic rings. The summed E-state index contributed by atoms with van der Waals surface area (Å²) in [4.78, 5) is 24.2. The Hall–Kier alpha value is -1.54. The van der Waals surface area contributed by atoms with Crippen LogP contribution >= 0.6 is 0 Å². The van der Waals surface area contributed by atoms with Crippen LogP contribution in [0, 0.1) is 29.5 Å². The van der Waals surface area contributed by atoms with E-state index in [2.05, 4.69) is 19.2 Å². The summed E-state index contributed by atoms with van der Waals surface area (Å²) < 4.78 is 19.1. The number of amides is 1. The molecule has 0 radical (unpaired) electrons. The van der Waals surface area contributed by atoms with E-state index in [-0.39, 0.29) is 30.0 Å². The fourth-order valence-electron chi connectivity index (χ4n) is 5.93. The summed E-state index contributed by atoms with van der Waals surface area (Å²) in [5.41, 5.74) is 0.295. The lowest BCUT2D eigenvalue weighted by Crippen LogP contribution is -2.61. The maximum Gasteiger partial charge on any atom is 0.220 e. The van der Waals surface area contributed by atoms with Crippen LogP contribution in [-0.4, -0.2) is 35.1 Å². The minimum Gasteiger partial charge on any atom is -0.393 e. The second-order valence-electron chi connectivity index (χ2n) is 10.2. The van der Waals surface area contributed by atoms with Crippen LogP contribution in [0.4, 0.5) is 4.39 Å². The molecule has 2 bridgehead atoms. The highest BCUT2D eigenvalue weighted by atomic mass is 19.1. The number of hydrogen-bond donors (Lipinski definition) is 2. The number of aliphatic hydroxyl groups excluding tert-OH is 1. The molecule has 32 heavy (non-hydrogen) atoms. The highest BCUT2D eigenvalue weighted by Crippen LogP contribution is 2.55. The molecule has 3 heterocycles. The first kappa shape index (κ1) is 23.6. The van der Waals surface area contributed by atoms with Gasteiger partial charge in [-0.25, -0.2) is 14.2 Å². The van der Waals surface area contributed by atoms with E-state index in [4.69, 9.17) is 14.5 Å². The highest BCUT2D eigenvalue weighted by Gasteiger charge is 2.61. The predicted molar refractivity (Wildman–Crippen MR) is 117 cm³/mol. The average molecular weight is 450 g/mol. The van der Waals surface area contributed by atoms with Gasteiger partial charge in [-0.3, -0.25) is 4.79 Å². The number of aliphatic hydroxyl groups is 1. The third-order valence-electron chi connectivity index (χ3n) is 8.07. The monoisotopic (exact) mass is 449 g/mol. The normalized spacial score (nSPS) is 36.1. The second kappa shape index (κ2) is 9.37. The number of carbonyl (C=O) groups is 1. The Morgan fingerprint density at radius 2 is 2.00 bits per heavy atom. The van der Waals surface area contributed by atoms with E-state index in [1.54, 1.807) is 12.1 Å². The van der Waals surface area contributed by atoms with E-state index in [0.717, 1.165) is 31.2 Å². The molecule has 4 fully saturated rings. The van der Waals surface area contributed by atoms with Crippen LogP contribution in [0.15, 0.2) is 24.3 Å². The number of nitrogens with one attached hydrogen (secondary N) is 1. The molecule has 3 aliphatic heterocycles. The summed E-state index contributed by atoms with van der Waals surface area (Å²) in [6.45, 7) is 7.09. The van der Waals surface area contributed by atoms with Crippen molar-refractivity contribution < 1.29 is 28.8 Å². The molecular weight excluding hydrogens is 413 g/mol. The van der Waals surface area contributed by atoms with Crippen molar-refractivity contribution in [1.82, 2.24) is 5.32 Å². The average Bonchev–Trinajstić information content (AvgIpc) is 3.04. The molecule has 7 heteroatoms. The molecule has 1 aromatic carbocycles. The van der Waals surface area contributed by atoms with Gasteiger partial charge >= 0.3 is 0 Å². The third kappa shape index (κ3) is 4.72. The fraction of sp³-hybridized carbons (Fsp3) is 0.720. The Morgan fingerprint density at radius 1 is 1.25 bits per heavy atom. The molecule has 1 amide bonds. The standard InChI is InChI=1S/C25H36FNO5/c1-16-4-9-21(25-15-30-24(3,31-32-25)13-12-20(16)25)17(2)22(28)10-11-23(29)27-14-18-5-7-19(26)8-6-18/h5-8,16-17,20-22,28H,4,9-15H2,1-3H3,(H,27,29). The maximum absolute atomic E-state index is 13.0. The molecule has 7 atom stereocenters. The summed E-state index contributed by atoms with van der Waals surface area (Å²) in [6.07, 6.45) is 3.81. The van der Waals surface area contributed by atoms with Gasteiger partial charge < -0.3 is 15.2 Å². The number of hydrogen-bond acceptors (Lipinski definition) is 5. The molecule has 1 saturated carbocycles. The molecule has 7 unspecified atom stereocenters. The first-order valence-electron chi connectivity index (χ1n) is 11.9. The number of benzene rings is 1. The lowest BCUT2D eigenvalue weighted by Gasteiger charge is -2.53. The van der Waals surface area contributed by atoms with E-state index < -0.39 is 17.5 Å². The fourth-order valence-corrected chi connectivity index (χ4v) is 5.93. The van der Waals surface area contributed by atoms with Crippen LogP contribution in [-0.2, 0) is 25.9 Å². The highest BCUT2D eigenvalue weighted by molar-refractivity contribution is 5.75. The molecule has 6 nitrogen and oxygen atoms in total. The summed E-state index contributed by atoms with van der Waals surface area (Å²) in [6, 6.07) is 6.06. The van der Waals surface area contributed by atoms with E-state index >= 15 is 0 Å². The quantitative estimate of drug-likeness (QED) is 0.613. The zero-order valence-electron chi connectivity index (χ0n) is 19.3. The molecule has 4 aliphatic rings. The number of ether oxygens (including phenoxy) is 1. The first-order valence-corrected chi connectivity index (χ1v) is 11.9. The lowest BCUT2D eigenvalue weighted by molar-refractivity contribution is -0.517. The Bertz CT molecular complexity index is 792. The number of rotatable bonds is 7. The van der Waals surface area contributed by atoms with Gasteiger partial charge in [0.25, 0.3) is 0 Å². The molecular formula is C25H36FNO5. The number of fused-ring (bicyclic) bond motifs is 3. The van der Waals surface area contributed by atoms with Crippen molar-refractivity contribution in [1.29, 1.82) is 0 Å². The van der Waals surface area contributed by atoms with Crippen molar-refractivity contribution in [2.24, 2.45) is 23.7 Å². The molecule has 2 N–H and O–H groups in total. The molecule has 1 spiro atoms. The van der Waals surface area contributed by atoms with Gasteiger partial charge in [0.15, 0.2) is 5.79 Å². The lowest BCUT2D eigenvalue weighted by atomic mass is 9.59. The van der Waals surface area contributed by atoms with Crippen LogP contribution < -0.4 is 5.32 Å². The van der Waals surface area contributed by atoms with Crippen LogP contribution in [0.3, 0.4) is 0 Å². The first-order chi connectivity index (χ1) is 15.2. The van der Waals surface area contributed by atoms with E-state index in [1.165, 1.54) is 12.1 Å². The molecule has 1 aliphatic carbocycles. The van der Waals surface area contributed by atoms with Crippen LogP contribution in [0.25, 0.3) is 0 Å². The molecule has 0 aromatic heterocycles. The maximum atomic E-state index is 13.0. The minimum absolute atomic E-state index is 0.0513. The van der Waals surface area contributed by atoms with E-state index in [9.17, 15) is 14.3 Å². The Balaban J connectivity index is 1.34. The third-order valence-corrected chi connectivity index (χ3v) is 8.07. The van der Waals surface area contributed by atoms with Gasteiger partial charge in [0.1, 0.15) is 11.4 Å². The Morgan fingerprint density at radius 3 is 2.69 bits per heavy atom. The Kier molecular flexibility index (Phi) is 6.92. The summed E-state index contributed by atoms with van der Waals surface area (Å²) >= 11 is 0. The van der Waals surface area contributed by atoms with Crippen molar-refractivity contribution in [2.45, 2.75) is 83.3 Å². The van der Waals surface area contributed by atoms with Crippen LogP contribution in [0.1, 0.15) is 64.9 Å². The zero-order chi connectivity index (χ0) is 22.9. The van der Waals surface area contributed by atoms with Crippen molar-refractivity contribution in [3.8, 4) is 0 Å². The van der Waals surface area contributed by atoms with Gasteiger partial charge in [-0.05, 0) is 74.0 Å². The number of halogens is 1. The largest absolute Gasteiger partial charge is 0.393 e. The van der Waals surface area contributed by atoms with E-state index in [0.29, 0.717) is 31.4 Å². The predicted octanol–water partition coefficient (Wildman–Crippen LogP) is 4.11. The molecule has 178 valence electrons. The smallest absolute Gasteiger partial charge is 0.220 e. The van der Waals surface area contributed by atoms with E-state index in [1.807, 2.05) is 6.92 Å². The summed E-state index contributed by atoms with van der Waals surface area (Å²) in [7, 11) is 0. The topological polar surface area (TPSA) is 77.0 Å². The van der Waals surface area contributed by atoms with Crippen molar-refractivity contribution >= 4 is 5.91 Å². The van der Waals surface area contributed by atoms with Gasteiger partial charge in [-0.1, -0.05) is 26.0 Å². The second-order valence-corrected chi connectivity index (χ2v) is 10.2. The number of carbonyl (C=O) groups excluding carboxylic acids is 1. The van der Waals surface area contributed by atoms with Gasteiger partial charge in [-0.15, -0.1) is 0 Å². The van der Waals surface area contributed by atoms with Gasteiger partial charge in [-0.2, -0.15) is 0 Å². The Labute approximate surface area is 189 Å². The zero-order valence-corrected chi connectivity index (χ0v) is 19.3. The van der Waals surface area contributed by atoms with Gasteiger partial charge in [0.2, 0.25) is 5.91 Å². The summed E-state index contributed by atoms with van der Waals surface area (Å²) in [5.74, 6) is -0.211. The van der Waals surface area contributed by atoms with Gasteiger partial charge in [0.05, 0.1) is 12.7 Å². The van der Waals surface area contributed by atoms with Crippen molar-refractivity contribution in [3.05, 3.63) is 35.6 Å². The van der Waals surface area contributed by atoms with Crippen molar-refractivity contribution in [2.75, 3.05) is 6.61 Å². The SMILES string of the molecule is CC1CCC(C(C)C(O)CCC(=O)NCc2ccc(F)cc2)C23COC(C)(CCC12)OO3. The van der Waals surface area contributed by atoms with Crippen LogP contribution in [0.2, 0.25) is 0 Å². The van der Waals surface area contributed by atoms with Gasteiger partial charge in [0, 0.05) is 19.4 Å². The minimum atomic E-state index is -0.683. The molecule has 3 saturated heterocycles. The van der Waals surface area contributed by atoms with Crippen LogP contribution in [0.5, 0.6) is 0 Å². The van der Waals surface area contributed by atoms with Crippen molar-refractivity contribution in [3.63, 3.8) is 0 Å².